The minimum atomic E-state index is -0.477. The summed E-state index contributed by atoms with van der Waals surface area (Å²) in [6, 6.07) is 77.2. The summed E-state index contributed by atoms with van der Waals surface area (Å²) in [6.07, 6.45) is 0. The Morgan fingerprint density at radius 3 is 1.72 bits per heavy atom. The van der Waals surface area contributed by atoms with Gasteiger partial charge in [-0.1, -0.05) is 178 Å². The predicted molar refractivity (Wildman–Crippen MR) is 249 cm³/mol. The highest BCUT2D eigenvalue weighted by Gasteiger charge is 2.50. The summed E-state index contributed by atoms with van der Waals surface area (Å²) in [5.74, 6) is 0. The van der Waals surface area contributed by atoms with E-state index in [1.54, 1.807) is 0 Å². The number of hydrogen-bond donors (Lipinski definition) is 0. The van der Waals surface area contributed by atoms with E-state index >= 15 is 0 Å². The zero-order valence-electron chi connectivity index (χ0n) is 33.5. The van der Waals surface area contributed by atoms with Crippen molar-refractivity contribution in [3.63, 3.8) is 0 Å². The van der Waals surface area contributed by atoms with Crippen molar-refractivity contribution < 1.29 is 0 Å². The third-order valence-electron chi connectivity index (χ3n) is 14.0. The molecule has 0 saturated carbocycles. The Morgan fingerprint density at radius 2 is 0.950 bits per heavy atom. The molecule has 13 rings (SSSR count). The molecule has 2 aliphatic carbocycles. The van der Waals surface area contributed by atoms with E-state index in [0.717, 1.165) is 17.1 Å². The third-order valence-corrected chi connectivity index (χ3v) is 14.0. The van der Waals surface area contributed by atoms with Gasteiger partial charge in [0.1, 0.15) is 0 Å². The van der Waals surface area contributed by atoms with Crippen LogP contribution in [0.15, 0.2) is 206 Å². The number of para-hydroxylation sites is 4. The van der Waals surface area contributed by atoms with Crippen LogP contribution in [0.2, 0.25) is 0 Å². The zero-order chi connectivity index (χ0) is 39.7. The summed E-state index contributed by atoms with van der Waals surface area (Å²) in [5.41, 5.74) is 22.3. The highest BCUT2D eigenvalue weighted by Crippen LogP contribution is 2.61. The van der Waals surface area contributed by atoms with E-state index in [2.05, 4.69) is 230 Å². The quantitative estimate of drug-likeness (QED) is 0.173. The molecular weight excluding hydrogens is 725 g/mol. The molecule has 9 aromatic carbocycles. The van der Waals surface area contributed by atoms with Crippen molar-refractivity contribution >= 4 is 38.9 Å². The lowest BCUT2D eigenvalue weighted by Gasteiger charge is -2.40. The predicted octanol–water partition coefficient (Wildman–Crippen LogP) is 14.9. The summed E-state index contributed by atoms with van der Waals surface area (Å²) < 4.78 is 2.56. The van der Waals surface area contributed by atoms with Crippen LogP contribution < -0.4 is 4.90 Å². The second-order valence-electron chi connectivity index (χ2n) is 17.2. The standard InChI is InChI=1S/C58H40N2/c1-57(2)47-25-11-6-22-43(47)46-36-39(32-34-48(46)57)59(38-17-4-3-5-18-38)53-29-14-9-19-40(53)37-31-33-51-55(35-37)60-54-30-15-10-23-44(54)45-24-16-28-52(56(45)60)58(51)49-26-12-7-20-41(49)42-21-8-13-27-50(42)58/h3-36H,1-2H3. The van der Waals surface area contributed by atoms with Crippen molar-refractivity contribution in [3.8, 4) is 39.1 Å². The average molecular weight is 765 g/mol. The van der Waals surface area contributed by atoms with E-state index in [-0.39, 0.29) is 5.41 Å². The molecule has 1 spiro atoms. The largest absolute Gasteiger partial charge is 0.310 e. The first-order chi connectivity index (χ1) is 29.5. The highest BCUT2D eigenvalue weighted by atomic mass is 15.1. The number of fused-ring (bicyclic) bond motifs is 15. The fourth-order valence-corrected chi connectivity index (χ4v) is 11.5. The monoisotopic (exact) mass is 764 g/mol. The molecule has 282 valence electrons. The first-order valence-corrected chi connectivity index (χ1v) is 21.1. The van der Waals surface area contributed by atoms with Crippen LogP contribution in [0.3, 0.4) is 0 Å². The lowest BCUT2D eigenvalue weighted by Crippen LogP contribution is -2.33. The third kappa shape index (κ3) is 4.22. The first kappa shape index (κ1) is 33.5. The second-order valence-corrected chi connectivity index (χ2v) is 17.2. The van der Waals surface area contributed by atoms with Gasteiger partial charge in [0, 0.05) is 33.1 Å². The topological polar surface area (TPSA) is 8.17 Å². The van der Waals surface area contributed by atoms with E-state index in [0.29, 0.717) is 0 Å². The Kier molecular flexibility index (Phi) is 6.74. The van der Waals surface area contributed by atoms with Crippen molar-refractivity contribution in [2.24, 2.45) is 0 Å². The van der Waals surface area contributed by atoms with Crippen molar-refractivity contribution in [3.05, 3.63) is 240 Å². The summed E-state index contributed by atoms with van der Waals surface area (Å²) in [7, 11) is 0. The van der Waals surface area contributed by atoms with Crippen LogP contribution in [0, 0.1) is 0 Å². The van der Waals surface area contributed by atoms with Gasteiger partial charge < -0.3 is 9.47 Å². The van der Waals surface area contributed by atoms with Crippen LogP contribution in [-0.2, 0) is 10.8 Å². The maximum Gasteiger partial charge on any atom is 0.0754 e. The minimum absolute atomic E-state index is 0.0620. The van der Waals surface area contributed by atoms with Gasteiger partial charge in [0.25, 0.3) is 0 Å². The van der Waals surface area contributed by atoms with Crippen LogP contribution >= 0.6 is 0 Å². The summed E-state index contributed by atoms with van der Waals surface area (Å²) in [5, 5.41) is 2.57. The maximum atomic E-state index is 2.56. The molecule has 10 aromatic rings. The van der Waals surface area contributed by atoms with Gasteiger partial charge in [0.2, 0.25) is 0 Å². The average Bonchev–Trinajstić information content (AvgIpc) is 3.88. The van der Waals surface area contributed by atoms with Gasteiger partial charge in [-0.05, 0) is 104 Å². The molecule has 2 nitrogen and oxygen atoms in total. The lowest BCUT2D eigenvalue weighted by molar-refractivity contribution is 0.660. The molecule has 1 aromatic heterocycles. The van der Waals surface area contributed by atoms with Gasteiger partial charge in [-0.15, -0.1) is 0 Å². The fourth-order valence-electron chi connectivity index (χ4n) is 11.5. The maximum absolute atomic E-state index is 2.56. The number of benzene rings is 9. The summed E-state index contributed by atoms with van der Waals surface area (Å²) >= 11 is 0. The SMILES string of the molecule is CC1(C)c2ccccc2-c2cc(N(c3ccccc3)c3ccccc3-c3ccc4c(c3)-n3c5ccccc5c5cccc(c53)C43c4ccccc4-c4ccccc43)ccc21. The van der Waals surface area contributed by atoms with Crippen LogP contribution in [0.25, 0.3) is 60.9 Å². The van der Waals surface area contributed by atoms with Crippen LogP contribution in [0.1, 0.15) is 47.2 Å². The minimum Gasteiger partial charge on any atom is -0.310 e. The molecular formula is C58H40N2. The fraction of sp³-hybridized carbons (Fsp3) is 0.0690. The van der Waals surface area contributed by atoms with E-state index in [9.17, 15) is 0 Å². The smallest absolute Gasteiger partial charge is 0.0754 e. The van der Waals surface area contributed by atoms with Gasteiger partial charge in [-0.2, -0.15) is 0 Å². The number of hydrogen-bond acceptors (Lipinski definition) is 1. The molecule has 0 fully saturated rings. The zero-order valence-corrected chi connectivity index (χ0v) is 33.5. The van der Waals surface area contributed by atoms with Crippen LogP contribution in [0.5, 0.6) is 0 Å². The van der Waals surface area contributed by atoms with E-state index in [1.807, 2.05) is 0 Å². The molecule has 1 aliphatic heterocycles. The van der Waals surface area contributed by atoms with E-state index in [4.69, 9.17) is 0 Å². The molecule has 3 aliphatic rings. The summed E-state index contributed by atoms with van der Waals surface area (Å²) in [4.78, 5) is 2.45. The van der Waals surface area contributed by atoms with Gasteiger partial charge in [-0.3, -0.25) is 0 Å². The van der Waals surface area contributed by atoms with Gasteiger partial charge in [-0.25, -0.2) is 0 Å². The molecule has 0 amide bonds. The Bertz CT molecular complexity index is 3370. The molecule has 0 unspecified atom stereocenters. The molecule has 60 heavy (non-hydrogen) atoms. The number of rotatable bonds is 4. The summed E-state index contributed by atoms with van der Waals surface area (Å²) in [6.45, 7) is 4.70. The van der Waals surface area contributed by atoms with Gasteiger partial charge in [0.15, 0.2) is 0 Å². The van der Waals surface area contributed by atoms with Crippen molar-refractivity contribution in [2.75, 3.05) is 4.90 Å². The molecule has 0 saturated heterocycles. The Hall–Kier alpha value is -7.42. The normalized spacial score (nSPS) is 14.4. The van der Waals surface area contributed by atoms with Crippen LogP contribution in [0.4, 0.5) is 17.1 Å². The first-order valence-electron chi connectivity index (χ1n) is 21.1. The molecule has 2 heterocycles. The molecule has 0 N–H and O–H groups in total. The van der Waals surface area contributed by atoms with Gasteiger partial charge in [0.05, 0.1) is 27.8 Å². The van der Waals surface area contributed by atoms with E-state index < -0.39 is 5.41 Å². The Balaban J connectivity index is 1.08. The Morgan fingerprint density at radius 1 is 0.383 bits per heavy atom. The van der Waals surface area contributed by atoms with Crippen molar-refractivity contribution in [1.82, 2.24) is 4.57 Å². The number of aromatic nitrogens is 1. The second kappa shape index (κ2) is 12.1. The van der Waals surface area contributed by atoms with Gasteiger partial charge >= 0.3 is 0 Å². The molecule has 2 heteroatoms. The van der Waals surface area contributed by atoms with Crippen molar-refractivity contribution in [2.45, 2.75) is 24.7 Å². The highest BCUT2D eigenvalue weighted by molar-refractivity contribution is 6.13. The molecule has 0 radical (unpaired) electrons. The van der Waals surface area contributed by atoms with Crippen molar-refractivity contribution in [1.29, 1.82) is 0 Å². The Labute approximate surface area is 350 Å². The molecule has 0 bridgehead atoms. The number of nitrogens with zero attached hydrogens (tertiary/aromatic N) is 2. The van der Waals surface area contributed by atoms with Crippen LogP contribution in [-0.4, -0.2) is 4.57 Å². The molecule has 0 atom stereocenters. The van der Waals surface area contributed by atoms with E-state index in [1.165, 1.54) is 94.3 Å². The lowest BCUT2D eigenvalue weighted by atomic mass is 9.65. The number of anilines is 3.